The average molecular weight is 338 g/mol. The van der Waals surface area contributed by atoms with E-state index in [1.165, 1.54) is 12.5 Å². The van der Waals surface area contributed by atoms with Gasteiger partial charge in [-0.2, -0.15) is 0 Å². The Hall–Kier alpha value is -2.69. The first kappa shape index (κ1) is 17.1. The van der Waals surface area contributed by atoms with E-state index in [0.29, 0.717) is 16.8 Å². The van der Waals surface area contributed by atoms with Crippen LogP contribution in [0.4, 0.5) is 11.4 Å². The van der Waals surface area contributed by atoms with E-state index in [-0.39, 0.29) is 16.4 Å². The fourth-order valence-electron chi connectivity index (χ4n) is 3.32. The average Bonchev–Trinajstić information content (AvgIpc) is 2.61. The largest absolute Gasteiger partial charge is 0.366 e. The molecule has 0 bridgehead atoms. The highest BCUT2D eigenvalue weighted by molar-refractivity contribution is 6.09. The number of anilines is 1. The van der Waals surface area contributed by atoms with Crippen molar-refractivity contribution < 1.29 is 9.72 Å². The normalized spacial score (nSPS) is 15.3. The molecule has 2 aromatic carbocycles. The maximum atomic E-state index is 12.6. The van der Waals surface area contributed by atoms with Crippen LogP contribution >= 0.6 is 0 Å². The summed E-state index contributed by atoms with van der Waals surface area (Å²) in [6.07, 6.45) is 5.65. The number of nitro groups is 1. The van der Waals surface area contributed by atoms with E-state index in [0.717, 1.165) is 38.8 Å². The molecule has 0 aliphatic carbocycles. The molecule has 0 N–H and O–H groups in total. The lowest BCUT2D eigenvalue weighted by Crippen LogP contribution is -2.27. The number of carbonyl (C=O) groups is 1. The lowest BCUT2D eigenvalue weighted by atomic mass is 10.0. The summed E-state index contributed by atoms with van der Waals surface area (Å²) in [5.41, 5.74) is 1.53. The molecule has 2 aromatic rings. The van der Waals surface area contributed by atoms with E-state index < -0.39 is 0 Å². The van der Waals surface area contributed by atoms with Gasteiger partial charge in [-0.1, -0.05) is 49.6 Å². The number of ketones is 1. The van der Waals surface area contributed by atoms with Crippen LogP contribution in [0.5, 0.6) is 0 Å². The molecular formula is C20H22N2O3. The molecule has 0 atom stereocenters. The Labute approximate surface area is 147 Å². The zero-order valence-corrected chi connectivity index (χ0v) is 14.2. The summed E-state index contributed by atoms with van der Waals surface area (Å²) in [7, 11) is 0. The predicted octanol–water partition coefficient (Wildman–Crippen LogP) is 4.60. The Bertz CT molecular complexity index is 751. The first-order valence-corrected chi connectivity index (χ1v) is 8.80. The molecule has 1 aliphatic heterocycles. The Morgan fingerprint density at radius 1 is 0.880 bits per heavy atom. The predicted molar refractivity (Wildman–Crippen MR) is 98.3 cm³/mol. The van der Waals surface area contributed by atoms with Crippen molar-refractivity contribution in [2.75, 3.05) is 18.0 Å². The molecule has 0 amide bonds. The topological polar surface area (TPSA) is 63.5 Å². The summed E-state index contributed by atoms with van der Waals surface area (Å²) < 4.78 is 0. The zero-order valence-electron chi connectivity index (χ0n) is 14.2. The molecule has 25 heavy (non-hydrogen) atoms. The minimum absolute atomic E-state index is 0.0161. The highest BCUT2D eigenvalue weighted by Crippen LogP contribution is 2.31. The summed E-state index contributed by atoms with van der Waals surface area (Å²) in [5.74, 6) is -0.192. The molecule has 1 saturated heterocycles. The van der Waals surface area contributed by atoms with Gasteiger partial charge in [0.2, 0.25) is 0 Å². The Morgan fingerprint density at radius 3 is 2.16 bits per heavy atom. The van der Waals surface area contributed by atoms with Crippen molar-refractivity contribution in [1.82, 2.24) is 0 Å². The first-order valence-electron chi connectivity index (χ1n) is 8.80. The van der Waals surface area contributed by atoms with Gasteiger partial charge in [0.1, 0.15) is 5.69 Å². The van der Waals surface area contributed by atoms with Crippen LogP contribution in [-0.4, -0.2) is 23.8 Å². The fourth-order valence-corrected chi connectivity index (χ4v) is 3.32. The number of hydrogen-bond acceptors (Lipinski definition) is 4. The minimum Gasteiger partial charge on any atom is -0.366 e. The number of hydrogen-bond donors (Lipinski definition) is 0. The fraction of sp³-hybridized carbons (Fsp3) is 0.350. The molecule has 0 unspecified atom stereocenters. The van der Waals surface area contributed by atoms with Gasteiger partial charge in [0.25, 0.3) is 5.69 Å². The van der Waals surface area contributed by atoms with Crippen LogP contribution < -0.4 is 4.90 Å². The number of carbonyl (C=O) groups excluding carboxylic acids is 1. The van der Waals surface area contributed by atoms with Gasteiger partial charge in [0, 0.05) is 30.3 Å². The SMILES string of the molecule is O=C(c1ccccc1)c1ccc(N2CCCCCCC2)c([N+](=O)[O-])c1. The van der Waals surface area contributed by atoms with Gasteiger partial charge in [0.15, 0.2) is 5.78 Å². The highest BCUT2D eigenvalue weighted by atomic mass is 16.6. The van der Waals surface area contributed by atoms with Gasteiger partial charge in [-0.15, -0.1) is 0 Å². The zero-order chi connectivity index (χ0) is 17.6. The smallest absolute Gasteiger partial charge is 0.293 e. The molecule has 130 valence electrons. The summed E-state index contributed by atoms with van der Waals surface area (Å²) >= 11 is 0. The molecule has 1 aliphatic rings. The minimum atomic E-state index is -0.379. The van der Waals surface area contributed by atoms with Crippen molar-refractivity contribution in [2.24, 2.45) is 0 Å². The van der Waals surface area contributed by atoms with Crippen molar-refractivity contribution >= 4 is 17.2 Å². The summed E-state index contributed by atoms with van der Waals surface area (Å²) in [5, 5.41) is 11.6. The molecule has 0 spiro atoms. The highest BCUT2D eigenvalue weighted by Gasteiger charge is 2.22. The third-order valence-electron chi connectivity index (χ3n) is 4.67. The van der Waals surface area contributed by atoms with E-state index in [2.05, 4.69) is 4.90 Å². The summed E-state index contributed by atoms with van der Waals surface area (Å²) in [4.78, 5) is 25.9. The first-order chi connectivity index (χ1) is 12.2. The van der Waals surface area contributed by atoms with Crippen LogP contribution in [0.3, 0.4) is 0 Å². The molecule has 5 nitrogen and oxygen atoms in total. The van der Waals surface area contributed by atoms with Crippen molar-refractivity contribution in [3.05, 3.63) is 69.8 Å². The third-order valence-corrected chi connectivity index (χ3v) is 4.67. The van der Waals surface area contributed by atoms with E-state index in [1.807, 2.05) is 6.07 Å². The second kappa shape index (κ2) is 7.92. The van der Waals surface area contributed by atoms with Gasteiger partial charge in [-0.25, -0.2) is 0 Å². The molecule has 0 saturated carbocycles. The van der Waals surface area contributed by atoms with E-state index in [1.54, 1.807) is 36.4 Å². The lowest BCUT2D eigenvalue weighted by molar-refractivity contribution is -0.384. The number of nitrogens with zero attached hydrogens (tertiary/aromatic N) is 2. The van der Waals surface area contributed by atoms with E-state index in [9.17, 15) is 14.9 Å². The van der Waals surface area contributed by atoms with Crippen LogP contribution in [-0.2, 0) is 0 Å². The van der Waals surface area contributed by atoms with Crippen LogP contribution in [0, 0.1) is 10.1 Å². The number of nitro benzene ring substituents is 1. The Kier molecular flexibility index (Phi) is 5.43. The third kappa shape index (κ3) is 4.05. The van der Waals surface area contributed by atoms with Gasteiger partial charge in [-0.05, 0) is 25.0 Å². The Morgan fingerprint density at radius 2 is 1.52 bits per heavy atom. The van der Waals surface area contributed by atoms with Crippen LogP contribution in [0.1, 0.15) is 48.0 Å². The van der Waals surface area contributed by atoms with Gasteiger partial charge in [-0.3, -0.25) is 14.9 Å². The quantitative estimate of drug-likeness (QED) is 0.464. The molecule has 1 heterocycles. The molecule has 3 rings (SSSR count). The van der Waals surface area contributed by atoms with E-state index >= 15 is 0 Å². The van der Waals surface area contributed by atoms with Crippen molar-refractivity contribution in [3.63, 3.8) is 0 Å². The van der Waals surface area contributed by atoms with Crippen molar-refractivity contribution in [3.8, 4) is 0 Å². The summed E-state index contributed by atoms with van der Waals surface area (Å²) in [6, 6.07) is 13.7. The van der Waals surface area contributed by atoms with Crippen LogP contribution in [0.2, 0.25) is 0 Å². The maximum absolute atomic E-state index is 12.6. The number of rotatable bonds is 4. The van der Waals surface area contributed by atoms with Crippen LogP contribution in [0.25, 0.3) is 0 Å². The molecule has 0 aromatic heterocycles. The molecular weight excluding hydrogens is 316 g/mol. The molecule has 1 fully saturated rings. The van der Waals surface area contributed by atoms with Gasteiger partial charge in [0.05, 0.1) is 4.92 Å². The van der Waals surface area contributed by atoms with E-state index in [4.69, 9.17) is 0 Å². The van der Waals surface area contributed by atoms with Gasteiger partial charge < -0.3 is 4.90 Å². The maximum Gasteiger partial charge on any atom is 0.293 e. The molecule has 5 heteroatoms. The number of benzene rings is 2. The second-order valence-corrected chi connectivity index (χ2v) is 6.41. The monoisotopic (exact) mass is 338 g/mol. The van der Waals surface area contributed by atoms with Gasteiger partial charge >= 0.3 is 0 Å². The Balaban J connectivity index is 1.92. The van der Waals surface area contributed by atoms with Crippen molar-refractivity contribution in [1.29, 1.82) is 0 Å². The van der Waals surface area contributed by atoms with Crippen molar-refractivity contribution in [2.45, 2.75) is 32.1 Å². The summed E-state index contributed by atoms with van der Waals surface area (Å²) in [6.45, 7) is 1.65. The second-order valence-electron chi connectivity index (χ2n) is 6.41. The molecule has 0 radical (unpaired) electrons. The standard InChI is InChI=1S/C20H22N2O3/c23-20(16-9-5-4-6-10-16)17-11-12-18(19(15-17)22(24)25)21-13-7-2-1-3-8-14-21/h4-6,9-12,15H,1-3,7-8,13-14H2. The lowest BCUT2D eigenvalue weighted by Gasteiger charge is -2.26. The van der Waals surface area contributed by atoms with Crippen LogP contribution in [0.15, 0.2) is 48.5 Å².